The number of hydrogen-bond donors (Lipinski definition) is 1. The van der Waals surface area contributed by atoms with Crippen LogP contribution in [-0.2, 0) is 11.2 Å². The van der Waals surface area contributed by atoms with E-state index < -0.39 is 5.54 Å². The lowest BCUT2D eigenvalue weighted by atomic mass is 9.98. The lowest BCUT2D eigenvalue weighted by molar-refractivity contribution is -0.135. The Bertz CT molecular complexity index is 387. The van der Waals surface area contributed by atoms with E-state index in [1.54, 1.807) is 11.8 Å². The number of hydrogen-bond acceptors (Lipinski definition) is 2. The molecular formula is C16H26N2O. The topological polar surface area (TPSA) is 46.3 Å². The Labute approximate surface area is 116 Å². The van der Waals surface area contributed by atoms with Crippen molar-refractivity contribution in [2.24, 2.45) is 5.73 Å². The third-order valence-electron chi connectivity index (χ3n) is 3.62. The van der Waals surface area contributed by atoms with E-state index in [4.69, 9.17) is 5.73 Å². The maximum Gasteiger partial charge on any atom is 0.242 e. The van der Waals surface area contributed by atoms with Crippen molar-refractivity contribution in [3.63, 3.8) is 0 Å². The minimum Gasteiger partial charge on any atom is -0.344 e. The number of nitrogens with two attached hydrogens (primary N) is 1. The van der Waals surface area contributed by atoms with E-state index in [9.17, 15) is 4.79 Å². The molecule has 0 heterocycles. The molecule has 0 aromatic heterocycles. The molecule has 1 rings (SSSR count). The highest BCUT2D eigenvalue weighted by molar-refractivity contribution is 5.85. The lowest BCUT2D eigenvalue weighted by Gasteiger charge is -2.28. The highest BCUT2D eigenvalue weighted by atomic mass is 16.2. The third-order valence-corrected chi connectivity index (χ3v) is 3.62. The van der Waals surface area contributed by atoms with Crippen molar-refractivity contribution in [2.45, 2.75) is 45.1 Å². The fourth-order valence-corrected chi connectivity index (χ4v) is 2.01. The number of carbonyl (C=O) groups is 1. The van der Waals surface area contributed by atoms with Crippen LogP contribution in [0.1, 0.15) is 38.7 Å². The summed E-state index contributed by atoms with van der Waals surface area (Å²) >= 11 is 0. The first kappa shape index (κ1) is 15.7. The summed E-state index contributed by atoms with van der Waals surface area (Å²) in [5.41, 5.74) is 6.59. The first-order valence-electron chi connectivity index (χ1n) is 7.05. The van der Waals surface area contributed by atoms with Gasteiger partial charge in [-0.15, -0.1) is 0 Å². The number of likely N-dealkylation sites (N-methyl/N-ethyl adjacent to an activating group) is 1. The fourth-order valence-electron chi connectivity index (χ4n) is 2.01. The average molecular weight is 262 g/mol. The van der Waals surface area contributed by atoms with Gasteiger partial charge in [0.05, 0.1) is 5.54 Å². The summed E-state index contributed by atoms with van der Waals surface area (Å²) in [5, 5.41) is 0. The van der Waals surface area contributed by atoms with Gasteiger partial charge in [-0.25, -0.2) is 0 Å². The van der Waals surface area contributed by atoms with Crippen molar-refractivity contribution < 1.29 is 4.79 Å². The number of carbonyl (C=O) groups excluding carboxylic acids is 1. The zero-order valence-electron chi connectivity index (χ0n) is 12.4. The molecule has 106 valence electrons. The summed E-state index contributed by atoms with van der Waals surface area (Å²) in [6.07, 6.45) is 3.84. The Morgan fingerprint density at radius 3 is 2.47 bits per heavy atom. The van der Waals surface area contributed by atoms with Crippen molar-refractivity contribution in [1.82, 2.24) is 4.90 Å². The Morgan fingerprint density at radius 2 is 1.89 bits per heavy atom. The number of nitrogens with zero attached hydrogens (tertiary/aromatic N) is 1. The summed E-state index contributed by atoms with van der Waals surface area (Å²) in [7, 11) is 1.84. The molecule has 0 radical (unpaired) electrons. The van der Waals surface area contributed by atoms with Crippen LogP contribution in [0.15, 0.2) is 30.3 Å². The van der Waals surface area contributed by atoms with Crippen LogP contribution in [-0.4, -0.2) is 29.9 Å². The van der Waals surface area contributed by atoms with Gasteiger partial charge in [0, 0.05) is 13.6 Å². The lowest BCUT2D eigenvalue weighted by Crippen LogP contribution is -2.51. The molecule has 0 bridgehead atoms. The van der Waals surface area contributed by atoms with E-state index in [1.165, 1.54) is 5.56 Å². The Morgan fingerprint density at radius 1 is 1.26 bits per heavy atom. The van der Waals surface area contributed by atoms with Crippen LogP contribution in [0.25, 0.3) is 0 Å². The third kappa shape index (κ3) is 5.03. The molecule has 0 saturated heterocycles. The SMILES string of the molecule is CCC(C)(N)C(=O)N(C)CCCCc1ccccc1. The molecule has 1 atom stereocenters. The first-order valence-corrected chi connectivity index (χ1v) is 7.05. The maximum atomic E-state index is 12.1. The monoisotopic (exact) mass is 262 g/mol. The van der Waals surface area contributed by atoms with E-state index in [0.717, 1.165) is 25.8 Å². The van der Waals surface area contributed by atoms with Gasteiger partial charge in [-0.1, -0.05) is 37.3 Å². The van der Waals surface area contributed by atoms with Crippen molar-refractivity contribution in [2.75, 3.05) is 13.6 Å². The van der Waals surface area contributed by atoms with Crippen LogP contribution < -0.4 is 5.73 Å². The number of rotatable bonds is 7. The zero-order valence-corrected chi connectivity index (χ0v) is 12.4. The second-order valence-corrected chi connectivity index (χ2v) is 5.44. The van der Waals surface area contributed by atoms with Crippen molar-refractivity contribution in [3.05, 3.63) is 35.9 Å². The molecule has 2 N–H and O–H groups in total. The van der Waals surface area contributed by atoms with Gasteiger partial charge in [0.2, 0.25) is 5.91 Å². The standard InChI is InChI=1S/C16H26N2O/c1-4-16(2,17)15(19)18(3)13-9-8-12-14-10-6-5-7-11-14/h5-7,10-11H,4,8-9,12-13,17H2,1-3H3. The molecule has 1 aromatic rings. The van der Waals surface area contributed by atoms with Gasteiger partial charge >= 0.3 is 0 Å². The Kier molecular flexibility index (Phi) is 6.03. The summed E-state index contributed by atoms with van der Waals surface area (Å²) in [6.45, 7) is 4.52. The minimum absolute atomic E-state index is 0.0368. The van der Waals surface area contributed by atoms with Crippen LogP contribution in [0.3, 0.4) is 0 Å². The summed E-state index contributed by atoms with van der Waals surface area (Å²) in [5.74, 6) is 0.0368. The van der Waals surface area contributed by atoms with Crippen molar-refractivity contribution >= 4 is 5.91 Å². The predicted molar refractivity (Wildman–Crippen MR) is 79.9 cm³/mol. The second-order valence-electron chi connectivity index (χ2n) is 5.44. The van der Waals surface area contributed by atoms with Gasteiger partial charge < -0.3 is 10.6 Å². The molecule has 19 heavy (non-hydrogen) atoms. The number of unbranched alkanes of at least 4 members (excludes halogenated alkanes) is 1. The molecule has 0 spiro atoms. The Balaban J connectivity index is 2.28. The normalized spacial score (nSPS) is 13.9. The largest absolute Gasteiger partial charge is 0.344 e. The molecule has 0 aliphatic rings. The minimum atomic E-state index is -0.728. The highest BCUT2D eigenvalue weighted by Crippen LogP contribution is 2.10. The van der Waals surface area contributed by atoms with Crippen LogP contribution in [0.2, 0.25) is 0 Å². The summed E-state index contributed by atoms with van der Waals surface area (Å²) in [6, 6.07) is 10.4. The fraction of sp³-hybridized carbons (Fsp3) is 0.562. The molecule has 0 saturated carbocycles. The van der Waals surface area contributed by atoms with Gasteiger partial charge in [-0.3, -0.25) is 4.79 Å². The van der Waals surface area contributed by atoms with Gasteiger partial charge in [0.15, 0.2) is 0 Å². The van der Waals surface area contributed by atoms with E-state index in [2.05, 4.69) is 24.3 Å². The van der Waals surface area contributed by atoms with E-state index >= 15 is 0 Å². The first-order chi connectivity index (χ1) is 8.97. The molecule has 1 unspecified atom stereocenters. The van der Waals surface area contributed by atoms with Crippen molar-refractivity contribution in [3.8, 4) is 0 Å². The van der Waals surface area contributed by atoms with Crippen LogP contribution in [0.4, 0.5) is 0 Å². The summed E-state index contributed by atoms with van der Waals surface area (Å²) < 4.78 is 0. The molecule has 0 fully saturated rings. The average Bonchev–Trinajstić information content (AvgIpc) is 2.43. The van der Waals surface area contributed by atoms with Gasteiger partial charge in [-0.05, 0) is 38.2 Å². The zero-order chi connectivity index (χ0) is 14.3. The maximum absolute atomic E-state index is 12.1. The second kappa shape index (κ2) is 7.29. The smallest absolute Gasteiger partial charge is 0.242 e. The number of aryl methyl sites for hydroxylation is 1. The molecular weight excluding hydrogens is 236 g/mol. The van der Waals surface area contributed by atoms with Crippen LogP contribution in [0.5, 0.6) is 0 Å². The molecule has 0 aliphatic carbocycles. The summed E-state index contributed by atoms with van der Waals surface area (Å²) in [4.78, 5) is 13.8. The van der Waals surface area contributed by atoms with Crippen LogP contribution in [0, 0.1) is 0 Å². The molecule has 3 heteroatoms. The highest BCUT2D eigenvalue weighted by Gasteiger charge is 2.28. The van der Waals surface area contributed by atoms with Crippen molar-refractivity contribution in [1.29, 1.82) is 0 Å². The molecule has 1 aromatic carbocycles. The van der Waals surface area contributed by atoms with E-state index in [0.29, 0.717) is 6.42 Å². The Hall–Kier alpha value is -1.35. The molecule has 1 amide bonds. The number of benzene rings is 1. The molecule has 3 nitrogen and oxygen atoms in total. The van der Waals surface area contributed by atoms with Gasteiger partial charge in [-0.2, -0.15) is 0 Å². The molecule has 0 aliphatic heterocycles. The predicted octanol–water partition coefficient (Wildman–Crippen LogP) is 2.60. The van der Waals surface area contributed by atoms with Gasteiger partial charge in [0.1, 0.15) is 0 Å². The van der Waals surface area contributed by atoms with E-state index in [1.807, 2.05) is 20.0 Å². The van der Waals surface area contributed by atoms with E-state index in [-0.39, 0.29) is 5.91 Å². The quantitative estimate of drug-likeness (QED) is 0.768. The van der Waals surface area contributed by atoms with Crippen LogP contribution >= 0.6 is 0 Å². The number of amides is 1. The van der Waals surface area contributed by atoms with Gasteiger partial charge in [0.25, 0.3) is 0 Å².